The Balaban J connectivity index is 0.00000128. The van der Waals surface area contributed by atoms with Gasteiger partial charge in [0.2, 0.25) is 0 Å². The molecule has 0 bridgehead atoms. The van der Waals surface area contributed by atoms with Gasteiger partial charge in [0.25, 0.3) is 0 Å². The molecule has 5 nitrogen and oxygen atoms in total. The van der Waals surface area contributed by atoms with E-state index in [2.05, 4.69) is 14.7 Å². The van der Waals surface area contributed by atoms with E-state index in [0.29, 0.717) is 17.9 Å². The van der Waals surface area contributed by atoms with Gasteiger partial charge in [-0.15, -0.1) is 24.8 Å². The molecule has 0 saturated heterocycles. The molecule has 3 N–H and O–H groups in total. The minimum absolute atomic E-state index is 0. The third kappa shape index (κ3) is 3.09. The average molecular weight is 278 g/mol. The summed E-state index contributed by atoms with van der Waals surface area (Å²) in [5.74, 6) is 0.341. The number of nitrogens with two attached hydrogens (primary N) is 1. The molecular weight excluding hydrogens is 265 g/mol. The number of esters is 1. The van der Waals surface area contributed by atoms with E-state index in [9.17, 15) is 4.79 Å². The number of carbonyl (C=O) groups excluding carboxylic acids is 1. The Morgan fingerprint density at radius 3 is 2.76 bits per heavy atom. The van der Waals surface area contributed by atoms with Gasteiger partial charge < -0.3 is 15.5 Å². The highest BCUT2D eigenvalue weighted by molar-refractivity contribution is 5.93. The third-order valence-corrected chi connectivity index (χ3v) is 2.15. The molecule has 0 atom stereocenters. The first-order chi connectivity index (χ1) is 7.24. The number of rotatable bonds is 2. The fraction of sp³-hybridized carbons (Fsp3) is 0.200. The fourth-order valence-electron chi connectivity index (χ4n) is 1.40. The van der Waals surface area contributed by atoms with Crippen molar-refractivity contribution < 1.29 is 9.53 Å². The standard InChI is InChI=1S/C10H11N3O2.2ClH/c1-15-10(14)6-2-3-7-8(4-6)13-9(5-11)12-7;;/h2-4H,5,11H2,1H3,(H,12,13);2*1H. The number of carbonyl (C=O) groups is 1. The van der Waals surface area contributed by atoms with Crippen molar-refractivity contribution in [3.8, 4) is 0 Å². The zero-order valence-electron chi connectivity index (χ0n) is 9.10. The number of aromatic nitrogens is 2. The van der Waals surface area contributed by atoms with Crippen molar-refractivity contribution in [3.05, 3.63) is 29.6 Å². The molecule has 1 aromatic heterocycles. The van der Waals surface area contributed by atoms with Crippen LogP contribution in [0, 0.1) is 0 Å². The lowest BCUT2D eigenvalue weighted by Gasteiger charge is -1.97. The van der Waals surface area contributed by atoms with Crippen LogP contribution in [0.2, 0.25) is 0 Å². The van der Waals surface area contributed by atoms with E-state index in [-0.39, 0.29) is 30.8 Å². The van der Waals surface area contributed by atoms with Crippen molar-refractivity contribution in [2.75, 3.05) is 7.11 Å². The van der Waals surface area contributed by atoms with Gasteiger partial charge in [0, 0.05) is 0 Å². The van der Waals surface area contributed by atoms with Crippen molar-refractivity contribution in [1.82, 2.24) is 9.97 Å². The molecule has 2 aromatic rings. The molecule has 0 spiro atoms. The maximum absolute atomic E-state index is 11.3. The second-order valence-corrected chi connectivity index (χ2v) is 3.11. The Bertz CT molecular complexity index is 513. The summed E-state index contributed by atoms with van der Waals surface area (Å²) in [6.45, 7) is 0.349. The molecule has 0 aliphatic heterocycles. The normalized spacial score (nSPS) is 9.29. The molecule has 1 aromatic carbocycles. The van der Waals surface area contributed by atoms with Gasteiger partial charge in [-0.1, -0.05) is 0 Å². The number of ether oxygens (including phenoxy) is 1. The Kier molecular flexibility index (Phi) is 5.95. The highest BCUT2D eigenvalue weighted by Crippen LogP contribution is 2.14. The molecule has 0 amide bonds. The monoisotopic (exact) mass is 277 g/mol. The lowest BCUT2D eigenvalue weighted by Crippen LogP contribution is -2.00. The first-order valence-corrected chi connectivity index (χ1v) is 4.51. The van der Waals surface area contributed by atoms with Crippen LogP contribution in [0.1, 0.15) is 16.2 Å². The minimum atomic E-state index is -0.360. The summed E-state index contributed by atoms with van der Waals surface area (Å²) in [6.07, 6.45) is 0. The molecule has 17 heavy (non-hydrogen) atoms. The number of nitrogens with one attached hydrogen (secondary N) is 1. The van der Waals surface area contributed by atoms with Gasteiger partial charge in [-0.2, -0.15) is 0 Å². The first kappa shape index (κ1) is 15.7. The predicted octanol–water partition coefficient (Wildman–Crippen LogP) is 1.65. The van der Waals surface area contributed by atoms with Crippen LogP contribution < -0.4 is 5.73 Å². The summed E-state index contributed by atoms with van der Waals surface area (Å²) in [5, 5.41) is 0. The van der Waals surface area contributed by atoms with Gasteiger partial charge in [-0.05, 0) is 18.2 Å². The summed E-state index contributed by atoms with van der Waals surface area (Å²) in [4.78, 5) is 18.5. The van der Waals surface area contributed by atoms with Crippen LogP contribution in [0.25, 0.3) is 11.0 Å². The van der Waals surface area contributed by atoms with Crippen LogP contribution in [0.4, 0.5) is 0 Å². The van der Waals surface area contributed by atoms with E-state index >= 15 is 0 Å². The SMILES string of the molecule is COC(=O)c1ccc2nc(CN)[nH]c2c1.Cl.Cl. The lowest BCUT2D eigenvalue weighted by molar-refractivity contribution is 0.0601. The summed E-state index contributed by atoms with van der Waals surface area (Å²) in [7, 11) is 1.35. The second kappa shape index (κ2) is 6.44. The van der Waals surface area contributed by atoms with Crippen LogP contribution in [-0.4, -0.2) is 23.0 Å². The number of methoxy groups -OCH3 is 1. The third-order valence-electron chi connectivity index (χ3n) is 2.15. The number of fused-ring (bicyclic) bond motifs is 1. The van der Waals surface area contributed by atoms with E-state index < -0.39 is 0 Å². The van der Waals surface area contributed by atoms with E-state index in [1.165, 1.54) is 7.11 Å². The van der Waals surface area contributed by atoms with Gasteiger partial charge in [0.15, 0.2) is 0 Å². The Morgan fingerprint density at radius 2 is 2.18 bits per heavy atom. The number of benzene rings is 1. The van der Waals surface area contributed by atoms with E-state index in [4.69, 9.17) is 5.73 Å². The zero-order chi connectivity index (χ0) is 10.8. The molecular formula is C10H13Cl2N3O2. The summed E-state index contributed by atoms with van der Waals surface area (Å²) < 4.78 is 4.62. The van der Waals surface area contributed by atoms with Gasteiger partial charge in [-0.3, -0.25) is 0 Å². The average Bonchev–Trinajstić information content (AvgIpc) is 2.69. The van der Waals surface area contributed by atoms with E-state index in [0.717, 1.165) is 11.0 Å². The minimum Gasteiger partial charge on any atom is -0.465 e. The van der Waals surface area contributed by atoms with Crippen molar-refractivity contribution in [1.29, 1.82) is 0 Å². The first-order valence-electron chi connectivity index (χ1n) is 4.51. The lowest BCUT2D eigenvalue weighted by atomic mass is 10.2. The number of hydrogen-bond acceptors (Lipinski definition) is 4. The number of aromatic amines is 1. The maximum Gasteiger partial charge on any atom is 0.337 e. The number of hydrogen-bond donors (Lipinski definition) is 2. The van der Waals surface area contributed by atoms with Gasteiger partial charge in [0.05, 0.1) is 30.3 Å². The highest BCUT2D eigenvalue weighted by Gasteiger charge is 2.07. The Hall–Kier alpha value is -1.30. The summed E-state index contributed by atoms with van der Waals surface area (Å²) >= 11 is 0. The van der Waals surface area contributed by atoms with Crippen LogP contribution in [0.3, 0.4) is 0 Å². The van der Waals surface area contributed by atoms with Crippen molar-refractivity contribution in [3.63, 3.8) is 0 Å². The largest absolute Gasteiger partial charge is 0.465 e. The smallest absolute Gasteiger partial charge is 0.337 e. The molecule has 0 unspecified atom stereocenters. The number of H-pyrrole nitrogens is 1. The molecule has 7 heteroatoms. The molecule has 2 rings (SSSR count). The Morgan fingerprint density at radius 1 is 1.47 bits per heavy atom. The van der Waals surface area contributed by atoms with Crippen molar-refractivity contribution in [2.45, 2.75) is 6.54 Å². The molecule has 0 saturated carbocycles. The van der Waals surface area contributed by atoms with Crippen LogP contribution in [0.15, 0.2) is 18.2 Å². The maximum atomic E-state index is 11.3. The van der Waals surface area contributed by atoms with Crippen molar-refractivity contribution >= 4 is 41.8 Å². The molecule has 94 valence electrons. The molecule has 0 radical (unpaired) electrons. The predicted molar refractivity (Wildman–Crippen MR) is 69.8 cm³/mol. The number of halogens is 2. The molecule has 0 aliphatic carbocycles. The van der Waals surface area contributed by atoms with E-state index in [1.807, 2.05) is 0 Å². The summed E-state index contributed by atoms with van der Waals surface area (Å²) in [6, 6.07) is 5.14. The fourth-order valence-corrected chi connectivity index (χ4v) is 1.40. The topological polar surface area (TPSA) is 81.0 Å². The van der Waals surface area contributed by atoms with Gasteiger partial charge >= 0.3 is 5.97 Å². The second-order valence-electron chi connectivity index (χ2n) is 3.11. The van der Waals surface area contributed by atoms with E-state index in [1.54, 1.807) is 18.2 Å². The quantitative estimate of drug-likeness (QED) is 0.818. The van der Waals surface area contributed by atoms with Crippen molar-refractivity contribution in [2.24, 2.45) is 5.73 Å². The number of nitrogens with zero attached hydrogens (tertiary/aromatic N) is 1. The number of imidazole rings is 1. The Labute approximate surface area is 111 Å². The van der Waals surface area contributed by atoms with Gasteiger partial charge in [0.1, 0.15) is 5.82 Å². The van der Waals surface area contributed by atoms with Gasteiger partial charge in [-0.25, -0.2) is 9.78 Å². The molecule has 0 fully saturated rings. The summed E-state index contributed by atoms with van der Waals surface area (Å²) in [5.41, 5.74) is 7.53. The highest BCUT2D eigenvalue weighted by atomic mass is 35.5. The molecule has 1 heterocycles. The zero-order valence-corrected chi connectivity index (χ0v) is 10.7. The molecule has 0 aliphatic rings. The van der Waals surface area contributed by atoms with Crippen LogP contribution in [-0.2, 0) is 11.3 Å². The van der Waals surface area contributed by atoms with Crippen LogP contribution in [0.5, 0.6) is 0 Å². The van der Waals surface area contributed by atoms with Crippen LogP contribution >= 0.6 is 24.8 Å².